The van der Waals surface area contributed by atoms with Crippen molar-refractivity contribution in [2.75, 3.05) is 13.1 Å². The van der Waals surface area contributed by atoms with Crippen molar-refractivity contribution < 1.29 is 19.4 Å². The number of hydrogen-bond acceptors (Lipinski definition) is 4. The fourth-order valence-electron chi connectivity index (χ4n) is 2.51. The van der Waals surface area contributed by atoms with E-state index < -0.39 is 12.1 Å². The minimum Gasteiger partial charge on any atom is -0.444 e. The number of esters is 1. The van der Waals surface area contributed by atoms with E-state index in [9.17, 15) is 9.59 Å². The van der Waals surface area contributed by atoms with Gasteiger partial charge in [0.1, 0.15) is 0 Å². The molecule has 0 radical (unpaired) electrons. The van der Waals surface area contributed by atoms with Crippen molar-refractivity contribution in [2.24, 2.45) is 0 Å². The molecule has 5 nitrogen and oxygen atoms in total. The highest BCUT2D eigenvalue weighted by atomic mass is 16.5. The van der Waals surface area contributed by atoms with Gasteiger partial charge in [-0.25, -0.2) is 4.79 Å². The summed E-state index contributed by atoms with van der Waals surface area (Å²) in [5.41, 5.74) is 1.68. The summed E-state index contributed by atoms with van der Waals surface area (Å²) in [7, 11) is 0. The summed E-state index contributed by atoms with van der Waals surface area (Å²) in [6.07, 6.45) is -0.980. The van der Waals surface area contributed by atoms with Gasteiger partial charge in [-0.1, -0.05) is 42.5 Å². The molecule has 0 aliphatic rings. The molecule has 0 saturated carbocycles. The average molecular weight is 341 g/mol. The maximum Gasteiger partial charge on any atom is 0.339 e. The van der Waals surface area contributed by atoms with Crippen molar-refractivity contribution >= 4 is 11.9 Å². The van der Waals surface area contributed by atoms with Crippen molar-refractivity contribution in [2.45, 2.75) is 26.6 Å². The zero-order chi connectivity index (χ0) is 18.2. The van der Waals surface area contributed by atoms with Crippen molar-refractivity contribution in [3.8, 4) is 0 Å². The van der Waals surface area contributed by atoms with Crippen molar-refractivity contribution in [1.29, 1.82) is 0 Å². The Morgan fingerprint density at radius 1 is 1.00 bits per heavy atom. The topological polar surface area (TPSA) is 66.8 Å². The monoisotopic (exact) mass is 341 g/mol. The normalized spacial score (nSPS) is 11.6. The lowest BCUT2D eigenvalue weighted by Gasteiger charge is -2.25. The zero-order valence-electron chi connectivity index (χ0n) is 14.5. The quantitative estimate of drug-likeness (QED) is 0.786. The highest BCUT2D eigenvalue weighted by Gasteiger charge is 2.28. The number of benzene rings is 2. The molecule has 1 N–H and O–H groups in total. The molecule has 5 heteroatoms. The Bertz CT molecular complexity index is 693. The zero-order valence-corrected chi connectivity index (χ0v) is 14.5. The standard InChI is InChI=1S/C20H23NO4/c1-3-21(4-2)19(23)18(16-8-6-5-7-9-16)25-20(24)17-12-10-15(14-22)11-13-17/h5-13,18,22H,3-4,14H2,1-2H3. The number of aliphatic hydroxyl groups is 1. The Morgan fingerprint density at radius 2 is 1.60 bits per heavy atom. The second-order valence-electron chi connectivity index (χ2n) is 5.56. The second-order valence-corrected chi connectivity index (χ2v) is 5.56. The molecule has 2 aromatic rings. The summed E-state index contributed by atoms with van der Waals surface area (Å²) in [5, 5.41) is 9.08. The molecule has 0 aliphatic heterocycles. The number of carbonyl (C=O) groups excluding carboxylic acids is 2. The van der Waals surface area contributed by atoms with Gasteiger partial charge >= 0.3 is 5.97 Å². The molecule has 2 aromatic carbocycles. The van der Waals surface area contributed by atoms with E-state index in [1.807, 2.05) is 32.0 Å². The molecule has 0 fully saturated rings. The molecule has 1 unspecified atom stereocenters. The lowest BCUT2D eigenvalue weighted by Crippen LogP contribution is -2.36. The van der Waals surface area contributed by atoms with E-state index in [0.29, 0.717) is 29.8 Å². The minimum absolute atomic E-state index is 0.0948. The Hall–Kier alpha value is -2.66. The molecule has 1 amide bonds. The van der Waals surface area contributed by atoms with Crippen LogP contribution in [0.15, 0.2) is 54.6 Å². The van der Waals surface area contributed by atoms with Crippen LogP contribution in [0, 0.1) is 0 Å². The minimum atomic E-state index is -0.980. The summed E-state index contributed by atoms with van der Waals surface area (Å²) in [4.78, 5) is 26.9. The molecule has 25 heavy (non-hydrogen) atoms. The molecule has 0 aliphatic carbocycles. The summed E-state index contributed by atoms with van der Waals surface area (Å²) in [6, 6.07) is 15.5. The van der Waals surface area contributed by atoms with Gasteiger partial charge in [0, 0.05) is 18.7 Å². The van der Waals surface area contributed by atoms with Gasteiger partial charge in [-0.15, -0.1) is 0 Å². The van der Waals surface area contributed by atoms with Crippen LogP contribution in [0.4, 0.5) is 0 Å². The number of ether oxygens (including phenoxy) is 1. The SMILES string of the molecule is CCN(CC)C(=O)C(OC(=O)c1ccc(CO)cc1)c1ccccc1. The van der Waals surface area contributed by atoms with Gasteiger partial charge in [0.2, 0.25) is 6.10 Å². The lowest BCUT2D eigenvalue weighted by atomic mass is 10.1. The van der Waals surface area contributed by atoms with Crippen molar-refractivity contribution in [1.82, 2.24) is 4.90 Å². The Kier molecular flexibility index (Phi) is 6.71. The van der Waals surface area contributed by atoms with Crippen LogP contribution in [-0.2, 0) is 16.1 Å². The molecule has 0 aromatic heterocycles. The second kappa shape index (κ2) is 8.99. The Morgan fingerprint density at radius 3 is 2.12 bits per heavy atom. The molecule has 0 saturated heterocycles. The van der Waals surface area contributed by atoms with E-state index in [2.05, 4.69) is 0 Å². The Balaban J connectivity index is 2.26. The summed E-state index contributed by atoms with van der Waals surface area (Å²) in [5.74, 6) is -0.810. The van der Waals surface area contributed by atoms with Gasteiger partial charge < -0.3 is 14.7 Å². The smallest absolute Gasteiger partial charge is 0.339 e. The predicted molar refractivity (Wildman–Crippen MR) is 94.9 cm³/mol. The third kappa shape index (κ3) is 4.67. The van der Waals surface area contributed by atoms with Gasteiger partial charge in [-0.3, -0.25) is 4.79 Å². The van der Waals surface area contributed by atoms with E-state index in [1.165, 1.54) is 0 Å². The number of hydrogen-bond donors (Lipinski definition) is 1. The molecule has 0 bridgehead atoms. The lowest BCUT2D eigenvalue weighted by molar-refractivity contribution is -0.140. The number of likely N-dealkylation sites (N-methyl/N-ethyl adjacent to an activating group) is 1. The average Bonchev–Trinajstić information content (AvgIpc) is 2.67. The van der Waals surface area contributed by atoms with Crippen LogP contribution in [0.3, 0.4) is 0 Å². The summed E-state index contributed by atoms with van der Waals surface area (Å²) < 4.78 is 5.55. The van der Waals surface area contributed by atoms with Gasteiger partial charge in [0.15, 0.2) is 0 Å². The van der Waals surface area contributed by atoms with Gasteiger partial charge in [0.25, 0.3) is 5.91 Å². The van der Waals surface area contributed by atoms with Crippen LogP contribution in [0.2, 0.25) is 0 Å². The maximum absolute atomic E-state index is 12.8. The molecule has 132 valence electrons. The highest BCUT2D eigenvalue weighted by molar-refractivity contribution is 5.92. The molecular weight excluding hydrogens is 318 g/mol. The largest absolute Gasteiger partial charge is 0.444 e. The maximum atomic E-state index is 12.8. The van der Waals surface area contributed by atoms with Crippen LogP contribution in [0.25, 0.3) is 0 Å². The third-order valence-corrected chi connectivity index (χ3v) is 4.00. The van der Waals surface area contributed by atoms with Gasteiger partial charge in [-0.05, 0) is 31.5 Å². The first kappa shape index (κ1) is 18.7. The van der Waals surface area contributed by atoms with E-state index >= 15 is 0 Å². The fraction of sp³-hybridized carbons (Fsp3) is 0.300. The first-order valence-electron chi connectivity index (χ1n) is 8.35. The predicted octanol–water partition coefficient (Wildman–Crippen LogP) is 2.95. The number of amides is 1. The van der Waals surface area contributed by atoms with E-state index in [4.69, 9.17) is 9.84 Å². The fourth-order valence-corrected chi connectivity index (χ4v) is 2.51. The van der Waals surface area contributed by atoms with Crippen LogP contribution >= 0.6 is 0 Å². The van der Waals surface area contributed by atoms with Gasteiger partial charge in [-0.2, -0.15) is 0 Å². The molecule has 2 rings (SSSR count). The van der Waals surface area contributed by atoms with Crippen molar-refractivity contribution in [3.05, 3.63) is 71.3 Å². The van der Waals surface area contributed by atoms with Crippen LogP contribution in [0.5, 0.6) is 0 Å². The van der Waals surface area contributed by atoms with E-state index in [1.54, 1.807) is 41.3 Å². The van der Waals surface area contributed by atoms with Crippen molar-refractivity contribution in [3.63, 3.8) is 0 Å². The summed E-state index contributed by atoms with van der Waals surface area (Å²) >= 11 is 0. The molecule has 0 heterocycles. The molecule has 0 spiro atoms. The highest BCUT2D eigenvalue weighted by Crippen LogP contribution is 2.22. The third-order valence-electron chi connectivity index (χ3n) is 4.00. The number of nitrogens with zero attached hydrogens (tertiary/aromatic N) is 1. The number of aliphatic hydroxyl groups excluding tert-OH is 1. The number of carbonyl (C=O) groups is 2. The molecular formula is C20H23NO4. The first-order valence-corrected chi connectivity index (χ1v) is 8.35. The van der Waals surface area contributed by atoms with Gasteiger partial charge in [0.05, 0.1) is 12.2 Å². The first-order chi connectivity index (χ1) is 12.1. The molecule has 1 atom stereocenters. The van der Waals surface area contributed by atoms with E-state index in [0.717, 1.165) is 0 Å². The van der Waals surface area contributed by atoms with Crippen LogP contribution < -0.4 is 0 Å². The van der Waals surface area contributed by atoms with Crippen LogP contribution in [-0.4, -0.2) is 35.0 Å². The summed E-state index contributed by atoms with van der Waals surface area (Å²) in [6.45, 7) is 4.77. The Labute approximate surface area is 147 Å². The number of rotatable bonds is 7. The van der Waals surface area contributed by atoms with Crippen LogP contribution in [0.1, 0.15) is 41.4 Å². The van der Waals surface area contributed by atoms with E-state index in [-0.39, 0.29) is 12.5 Å².